The molecular formula is C16H14FNO2S. The minimum Gasteiger partial charge on any atom is -0.325 e. The number of benzene rings is 2. The molecule has 1 amide bonds. The third-order valence-corrected chi connectivity index (χ3v) is 3.80. The predicted molar refractivity (Wildman–Crippen MR) is 82.2 cm³/mol. The highest BCUT2D eigenvalue weighted by molar-refractivity contribution is 8.00. The molecule has 3 nitrogen and oxygen atoms in total. The molecule has 108 valence electrons. The van der Waals surface area contributed by atoms with Crippen LogP contribution in [0, 0.1) is 5.82 Å². The van der Waals surface area contributed by atoms with Gasteiger partial charge in [-0.25, -0.2) is 4.39 Å². The van der Waals surface area contributed by atoms with Gasteiger partial charge in [-0.3, -0.25) is 9.59 Å². The van der Waals surface area contributed by atoms with E-state index < -0.39 is 5.82 Å². The Morgan fingerprint density at radius 3 is 2.48 bits per heavy atom. The minimum absolute atomic E-state index is 0.102. The average Bonchev–Trinajstić information content (AvgIpc) is 2.47. The summed E-state index contributed by atoms with van der Waals surface area (Å²) in [5, 5.41) is 2.72. The van der Waals surface area contributed by atoms with E-state index in [1.54, 1.807) is 18.2 Å². The van der Waals surface area contributed by atoms with E-state index in [0.717, 1.165) is 11.8 Å². The molecule has 0 heterocycles. The van der Waals surface area contributed by atoms with Crippen molar-refractivity contribution in [1.29, 1.82) is 0 Å². The maximum Gasteiger partial charge on any atom is 0.234 e. The van der Waals surface area contributed by atoms with E-state index in [4.69, 9.17) is 0 Å². The van der Waals surface area contributed by atoms with Crippen LogP contribution in [0.5, 0.6) is 0 Å². The fraction of sp³-hybridized carbons (Fsp3) is 0.125. The van der Waals surface area contributed by atoms with Crippen LogP contribution in [0.15, 0.2) is 53.4 Å². The lowest BCUT2D eigenvalue weighted by molar-refractivity contribution is -0.113. The van der Waals surface area contributed by atoms with Gasteiger partial charge in [0, 0.05) is 16.1 Å². The van der Waals surface area contributed by atoms with Crippen molar-refractivity contribution >= 4 is 29.1 Å². The van der Waals surface area contributed by atoms with E-state index in [0.29, 0.717) is 16.1 Å². The zero-order valence-corrected chi connectivity index (χ0v) is 12.2. The Balaban J connectivity index is 1.94. The van der Waals surface area contributed by atoms with Crippen molar-refractivity contribution in [2.75, 3.05) is 11.1 Å². The number of thioether (sulfide) groups is 1. The molecule has 0 unspecified atom stereocenters. The SMILES string of the molecule is CC(=O)c1ccc(SCC(=O)Nc2ccccc2)c(F)c1. The molecule has 0 bridgehead atoms. The van der Waals surface area contributed by atoms with Gasteiger partial charge in [-0.05, 0) is 31.2 Å². The first-order valence-corrected chi connectivity index (χ1v) is 7.33. The van der Waals surface area contributed by atoms with E-state index >= 15 is 0 Å². The van der Waals surface area contributed by atoms with E-state index in [1.165, 1.54) is 19.1 Å². The Kier molecular flexibility index (Phi) is 5.11. The molecule has 1 N–H and O–H groups in total. The van der Waals surface area contributed by atoms with Crippen LogP contribution in [-0.4, -0.2) is 17.4 Å². The standard InChI is InChI=1S/C16H14FNO2S/c1-11(19)12-7-8-15(14(17)9-12)21-10-16(20)18-13-5-3-2-4-6-13/h2-9H,10H2,1H3,(H,18,20). The maximum atomic E-state index is 13.8. The monoisotopic (exact) mass is 303 g/mol. The summed E-state index contributed by atoms with van der Waals surface area (Å²) in [7, 11) is 0. The van der Waals surface area contributed by atoms with Crippen LogP contribution in [0.2, 0.25) is 0 Å². The number of carbonyl (C=O) groups is 2. The number of rotatable bonds is 5. The van der Waals surface area contributed by atoms with Gasteiger partial charge in [0.25, 0.3) is 0 Å². The van der Waals surface area contributed by atoms with Crippen LogP contribution in [0.1, 0.15) is 17.3 Å². The Morgan fingerprint density at radius 1 is 1.14 bits per heavy atom. The number of amides is 1. The van der Waals surface area contributed by atoms with Crippen LogP contribution in [0.3, 0.4) is 0 Å². The quantitative estimate of drug-likeness (QED) is 0.676. The summed E-state index contributed by atoms with van der Waals surface area (Å²) in [5.74, 6) is -0.778. The van der Waals surface area contributed by atoms with Crippen molar-refractivity contribution in [3.8, 4) is 0 Å². The third-order valence-electron chi connectivity index (χ3n) is 2.75. The number of hydrogen-bond donors (Lipinski definition) is 1. The molecule has 0 saturated carbocycles. The first-order valence-electron chi connectivity index (χ1n) is 6.34. The molecular weight excluding hydrogens is 289 g/mol. The van der Waals surface area contributed by atoms with Crippen LogP contribution in [0.25, 0.3) is 0 Å². The van der Waals surface area contributed by atoms with Gasteiger partial charge in [-0.2, -0.15) is 0 Å². The van der Waals surface area contributed by atoms with Gasteiger partial charge in [-0.15, -0.1) is 11.8 Å². The molecule has 0 radical (unpaired) electrons. The topological polar surface area (TPSA) is 46.2 Å². The number of hydrogen-bond acceptors (Lipinski definition) is 3. The number of halogens is 1. The van der Waals surface area contributed by atoms with Gasteiger partial charge in [0.05, 0.1) is 5.75 Å². The molecule has 2 rings (SSSR count). The Morgan fingerprint density at radius 2 is 1.86 bits per heavy atom. The molecule has 0 aliphatic heterocycles. The molecule has 21 heavy (non-hydrogen) atoms. The number of ketones is 1. The molecule has 2 aromatic carbocycles. The van der Waals surface area contributed by atoms with Gasteiger partial charge < -0.3 is 5.32 Å². The summed E-state index contributed by atoms with van der Waals surface area (Å²) in [6, 6.07) is 13.3. The highest BCUT2D eigenvalue weighted by Crippen LogP contribution is 2.23. The largest absolute Gasteiger partial charge is 0.325 e. The number of Topliss-reactive ketones (excluding diaryl/α,β-unsaturated/α-hetero) is 1. The second-order valence-corrected chi connectivity index (χ2v) is 5.42. The van der Waals surface area contributed by atoms with Crippen LogP contribution in [0.4, 0.5) is 10.1 Å². The summed E-state index contributed by atoms with van der Waals surface area (Å²) in [6.07, 6.45) is 0. The zero-order chi connectivity index (χ0) is 15.2. The van der Waals surface area contributed by atoms with Crippen LogP contribution < -0.4 is 5.32 Å². The lowest BCUT2D eigenvalue weighted by Gasteiger charge is -2.06. The minimum atomic E-state index is -0.486. The zero-order valence-electron chi connectivity index (χ0n) is 11.4. The molecule has 2 aromatic rings. The Bertz CT molecular complexity index is 659. The smallest absolute Gasteiger partial charge is 0.234 e. The lowest BCUT2D eigenvalue weighted by atomic mass is 10.1. The number of carbonyl (C=O) groups excluding carboxylic acids is 2. The molecule has 0 atom stereocenters. The summed E-state index contributed by atoms with van der Waals surface area (Å²) in [6.45, 7) is 1.38. The van der Waals surface area contributed by atoms with E-state index in [-0.39, 0.29) is 17.4 Å². The molecule has 0 fully saturated rings. The normalized spacial score (nSPS) is 10.2. The first kappa shape index (κ1) is 15.3. The van der Waals surface area contributed by atoms with Crippen molar-refractivity contribution in [3.63, 3.8) is 0 Å². The maximum absolute atomic E-state index is 13.8. The van der Waals surface area contributed by atoms with Crippen LogP contribution in [-0.2, 0) is 4.79 Å². The molecule has 0 spiro atoms. The fourth-order valence-corrected chi connectivity index (χ4v) is 2.42. The molecule has 0 aliphatic rings. The lowest BCUT2D eigenvalue weighted by Crippen LogP contribution is -2.13. The van der Waals surface area contributed by atoms with Crippen molar-refractivity contribution in [3.05, 3.63) is 59.9 Å². The van der Waals surface area contributed by atoms with E-state index in [9.17, 15) is 14.0 Å². The van der Waals surface area contributed by atoms with Crippen molar-refractivity contribution < 1.29 is 14.0 Å². The summed E-state index contributed by atoms with van der Waals surface area (Å²) < 4.78 is 13.8. The summed E-state index contributed by atoms with van der Waals surface area (Å²) in [5.41, 5.74) is 1.03. The van der Waals surface area contributed by atoms with Crippen LogP contribution >= 0.6 is 11.8 Å². The molecule has 5 heteroatoms. The van der Waals surface area contributed by atoms with Gasteiger partial charge >= 0.3 is 0 Å². The van der Waals surface area contributed by atoms with Crippen molar-refractivity contribution in [2.45, 2.75) is 11.8 Å². The van der Waals surface area contributed by atoms with Gasteiger partial charge in [-0.1, -0.05) is 24.3 Å². The molecule has 0 aromatic heterocycles. The summed E-state index contributed by atoms with van der Waals surface area (Å²) in [4.78, 5) is 23.3. The fourth-order valence-electron chi connectivity index (χ4n) is 1.70. The highest BCUT2D eigenvalue weighted by Gasteiger charge is 2.09. The number of nitrogens with one attached hydrogen (secondary N) is 1. The second-order valence-electron chi connectivity index (χ2n) is 4.40. The predicted octanol–water partition coefficient (Wildman–Crippen LogP) is 3.76. The van der Waals surface area contributed by atoms with Gasteiger partial charge in [0.2, 0.25) is 5.91 Å². The van der Waals surface area contributed by atoms with Gasteiger partial charge in [0.1, 0.15) is 5.82 Å². The summed E-state index contributed by atoms with van der Waals surface area (Å²) >= 11 is 1.10. The van der Waals surface area contributed by atoms with E-state index in [1.807, 2.05) is 18.2 Å². The number of anilines is 1. The Hall–Kier alpha value is -2.14. The molecule has 0 saturated heterocycles. The average molecular weight is 303 g/mol. The molecule has 0 aliphatic carbocycles. The van der Waals surface area contributed by atoms with Crippen molar-refractivity contribution in [1.82, 2.24) is 0 Å². The first-order chi connectivity index (χ1) is 10.1. The second kappa shape index (κ2) is 7.04. The van der Waals surface area contributed by atoms with Crippen molar-refractivity contribution in [2.24, 2.45) is 0 Å². The highest BCUT2D eigenvalue weighted by atomic mass is 32.2. The Labute approximate surface area is 126 Å². The van der Waals surface area contributed by atoms with Gasteiger partial charge in [0.15, 0.2) is 5.78 Å². The number of para-hydroxylation sites is 1. The third kappa shape index (κ3) is 4.43. The van der Waals surface area contributed by atoms with E-state index in [2.05, 4.69) is 5.32 Å².